The molecule has 18 heavy (non-hydrogen) atoms. The molecule has 0 aliphatic carbocycles. The maximum Gasteiger partial charge on any atom is 0.419 e. The van der Waals surface area contributed by atoms with Crippen molar-refractivity contribution in [3.8, 4) is 0 Å². The van der Waals surface area contributed by atoms with Gasteiger partial charge in [-0.1, -0.05) is 0 Å². The number of nitrogens with zero attached hydrogens (tertiary/aromatic N) is 2. The predicted octanol–water partition coefficient (Wildman–Crippen LogP) is 2.26. The van der Waals surface area contributed by atoms with Gasteiger partial charge in [-0.3, -0.25) is 4.68 Å². The van der Waals surface area contributed by atoms with Gasteiger partial charge in [0.1, 0.15) is 5.76 Å². The molecule has 0 fully saturated rings. The number of rotatable bonds is 4. The molecule has 0 radical (unpaired) electrons. The highest BCUT2D eigenvalue weighted by atomic mass is 19.4. The second kappa shape index (κ2) is 4.85. The fraction of sp³-hybridized carbons (Fsp3) is 0.364. The average molecular weight is 259 g/mol. The minimum Gasteiger partial charge on any atom is -0.467 e. The number of alkyl halides is 3. The molecule has 0 bridgehead atoms. The molecule has 0 saturated carbocycles. The molecule has 0 aliphatic heterocycles. The first-order valence-corrected chi connectivity index (χ1v) is 5.29. The highest BCUT2D eigenvalue weighted by Crippen LogP contribution is 2.28. The van der Waals surface area contributed by atoms with Gasteiger partial charge in [-0.15, -0.1) is 0 Å². The van der Waals surface area contributed by atoms with Crippen molar-refractivity contribution in [2.24, 2.45) is 0 Å². The lowest BCUT2D eigenvalue weighted by atomic mass is 10.3. The predicted molar refractivity (Wildman–Crippen MR) is 57.8 cm³/mol. The zero-order valence-corrected chi connectivity index (χ0v) is 9.66. The third-order valence-electron chi connectivity index (χ3n) is 2.37. The van der Waals surface area contributed by atoms with Crippen LogP contribution in [0.15, 0.2) is 29.1 Å². The van der Waals surface area contributed by atoms with Crippen LogP contribution in [0, 0.1) is 0 Å². The molecule has 0 spiro atoms. The minimum atomic E-state index is -4.36. The monoisotopic (exact) mass is 259 g/mol. The van der Waals surface area contributed by atoms with Crippen molar-refractivity contribution in [2.75, 3.05) is 7.05 Å². The Morgan fingerprint density at radius 1 is 1.44 bits per heavy atom. The highest BCUT2D eigenvalue weighted by molar-refractivity contribution is 5.14. The molecule has 0 aliphatic rings. The fourth-order valence-electron chi connectivity index (χ4n) is 1.56. The van der Waals surface area contributed by atoms with E-state index < -0.39 is 11.7 Å². The van der Waals surface area contributed by atoms with Crippen molar-refractivity contribution in [2.45, 2.75) is 19.3 Å². The fourth-order valence-corrected chi connectivity index (χ4v) is 1.56. The Hall–Kier alpha value is -1.76. The summed E-state index contributed by atoms with van der Waals surface area (Å²) in [5.74, 6) is 0.567. The van der Waals surface area contributed by atoms with E-state index in [1.54, 1.807) is 19.4 Å². The number of furan rings is 1. The first kappa shape index (κ1) is 12.7. The van der Waals surface area contributed by atoms with E-state index in [2.05, 4.69) is 10.4 Å². The second-order valence-electron chi connectivity index (χ2n) is 3.88. The van der Waals surface area contributed by atoms with Crippen LogP contribution < -0.4 is 5.32 Å². The zero-order valence-electron chi connectivity index (χ0n) is 9.66. The molecule has 2 rings (SSSR count). The van der Waals surface area contributed by atoms with Gasteiger partial charge in [0.15, 0.2) is 0 Å². The maximum absolute atomic E-state index is 12.4. The van der Waals surface area contributed by atoms with Gasteiger partial charge in [0.05, 0.1) is 24.6 Å². The van der Waals surface area contributed by atoms with Gasteiger partial charge < -0.3 is 9.73 Å². The molecule has 0 aromatic carbocycles. The van der Waals surface area contributed by atoms with Crippen LogP contribution in [-0.2, 0) is 19.3 Å². The molecule has 2 aromatic rings. The molecule has 4 nitrogen and oxygen atoms in total. The van der Waals surface area contributed by atoms with Crippen molar-refractivity contribution in [3.63, 3.8) is 0 Å². The summed E-state index contributed by atoms with van der Waals surface area (Å²) in [6, 6.07) is 1.78. The van der Waals surface area contributed by atoms with E-state index in [9.17, 15) is 13.2 Å². The van der Waals surface area contributed by atoms with Crippen LogP contribution in [0.2, 0.25) is 0 Å². The molecular weight excluding hydrogens is 247 g/mol. The Kier molecular flexibility index (Phi) is 3.42. The molecular formula is C11H12F3N3O. The number of halogens is 3. The van der Waals surface area contributed by atoms with Gasteiger partial charge in [-0.2, -0.15) is 18.3 Å². The molecule has 2 heterocycles. The van der Waals surface area contributed by atoms with E-state index in [0.717, 1.165) is 18.0 Å². The molecule has 7 heteroatoms. The molecule has 98 valence electrons. The van der Waals surface area contributed by atoms with Gasteiger partial charge in [0, 0.05) is 18.3 Å². The topological polar surface area (TPSA) is 43.0 Å². The van der Waals surface area contributed by atoms with Crippen LogP contribution in [0.1, 0.15) is 16.9 Å². The first-order chi connectivity index (χ1) is 8.49. The van der Waals surface area contributed by atoms with Crippen LogP contribution in [-0.4, -0.2) is 16.8 Å². The summed E-state index contributed by atoms with van der Waals surface area (Å²) in [7, 11) is 1.80. The molecule has 1 N–H and O–H groups in total. The standard InChI is InChI=1S/C11H12F3N3O/c1-15-3-8-2-10(18-7-8)6-17-5-9(4-16-17)11(12,13)14/h2,4-5,7,15H,3,6H2,1H3. The number of aromatic nitrogens is 2. The Morgan fingerprint density at radius 3 is 2.83 bits per heavy atom. The van der Waals surface area contributed by atoms with E-state index in [1.807, 2.05) is 0 Å². The number of nitrogens with one attached hydrogen (secondary N) is 1. The maximum atomic E-state index is 12.4. The largest absolute Gasteiger partial charge is 0.467 e. The molecule has 2 aromatic heterocycles. The van der Waals surface area contributed by atoms with E-state index in [-0.39, 0.29) is 6.54 Å². The van der Waals surface area contributed by atoms with Gasteiger partial charge >= 0.3 is 6.18 Å². The van der Waals surface area contributed by atoms with Crippen LogP contribution in [0.4, 0.5) is 13.2 Å². The third kappa shape index (κ3) is 2.92. The summed E-state index contributed by atoms with van der Waals surface area (Å²) < 4.78 is 43.5. The molecule has 0 amide bonds. The van der Waals surface area contributed by atoms with Crippen molar-refractivity contribution in [3.05, 3.63) is 41.6 Å². The van der Waals surface area contributed by atoms with E-state index in [1.165, 1.54) is 4.68 Å². The number of hydrogen-bond acceptors (Lipinski definition) is 3. The smallest absolute Gasteiger partial charge is 0.419 e. The van der Waals surface area contributed by atoms with Gasteiger partial charge in [-0.25, -0.2) is 0 Å². The lowest BCUT2D eigenvalue weighted by molar-refractivity contribution is -0.137. The lowest BCUT2D eigenvalue weighted by Gasteiger charge is -2.00. The minimum absolute atomic E-state index is 0.180. The normalized spacial score (nSPS) is 12.0. The van der Waals surface area contributed by atoms with Gasteiger partial charge in [0.25, 0.3) is 0 Å². The Bertz CT molecular complexity index is 516. The van der Waals surface area contributed by atoms with Gasteiger partial charge in [0.2, 0.25) is 0 Å². The highest BCUT2D eigenvalue weighted by Gasteiger charge is 2.32. The van der Waals surface area contributed by atoms with Crippen molar-refractivity contribution >= 4 is 0 Å². The lowest BCUT2D eigenvalue weighted by Crippen LogP contribution is -2.04. The average Bonchev–Trinajstić information content (AvgIpc) is 2.88. The Morgan fingerprint density at radius 2 is 2.22 bits per heavy atom. The van der Waals surface area contributed by atoms with Crippen molar-refractivity contribution in [1.29, 1.82) is 0 Å². The second-order valence-corrected chi connectivity index (χ2v) is 3.88. The van der Waals surface area contributed by atoms with Crippen molar-refractivity contribution in [1.82, 2.24) is 15.1 Å². The SMILES string of the molecule is CNCc1coc(Cn2cc(C(F)(F)F)cn2)c1. The van der Waals surface area contributed by atoms with E-state index in [4.69, 9.17) is 4.42 Å². The van der Waals surface area contributed by atoms with Crippen molar-refractivity contribution < 1.29 is 17.6 Å². The van der Waals surface area contributed by atoms with Gasteiger partial charge in [-0.05, 0) is 13.1 Å². The molecule has 0 unspecified atom stereocenters. The first-order valence-electron chi connectivity index (χ1n) is 5.29. The quantitative estimate of drug-likeness (QED) is 0.915. The summed E-state index contributed by atoms with van der Waals surface area (Å²) in [6.45, 7) is 0.830. The van der Waals surface area contributed by atoms with Crippen LogP contribution in [0.3, 0.4) is 0 Å². The third-order valence-corrected chi connectivity index (χ3v) is 2.37. The Labute approximate surface area is 101 Å². The molecule has 0 atom stereocenters. The summed E-state index contributed by atoms with van der Waals surface area (Å²) in [5, 5.41) is 6.61. The summed E-state index contributed by atoms with van der Waals surface area (Å²) >= 11 is 0. The molecule has 0 saturated heterocycles. The summed E-state index contributed by atoms with van der Waals surface area (Å²) in [5.41, 5.74) is 0.181. The van der Waals surface area contributed by atoms with Crippen LogP contribution in [0.5, 0.6) is 0 Å². The Balaban J connectivity index is 2.06. The number of hydrogen-bond donors (Lipinski definition) is 1. The van der Waals surface area contributed by atoms with E-state index in [0.29, 0.717) is 12.3 Å². The van der Waals surface area contributed by atoms with Crippen LogP contribution >= 0.6 is 0 Å². The summed E-state index contributed by atoms with van der Waals surface area (Å²) in [4.78, 5) is 0. The van der Waals surface area contributed by atoms with E-state index >= 15 is 0 Å². The zero-order chi connectivity index (χ0) is 13.2. The van der Waals surface area contributed by atoms with Crippen LogP contribution in [0.25, 0.3) is 0 Å². The summed E-state index contributed by atoms with van der Waals surface area (Å²) in [6.07, 6.45) is -1.03.